The summed E-state index contributed by atoms with van der Waals surface area (Å²) in [5.74, 6) is 0. The number of nitrogens with zero attached hydrogens (tertiary/aromatic N) is 2. The summed E-state index contributed by atoms with van der Waals surface area (Å²) < 4.78 is 4.43. The highest BCUT2D eigenvalue weighted by Gasteiger charge is 2.10. The van der Waals surface area contributed by atoms with Crippen LogP contribution in [0.15, 0.2) is 48.5 Å². The average Bonchev–Trinajstić information content (AvgIpc) is 2.91. The zero-order chi connectivity index (χ0) is 13.9. The molecule has 1 aromatic heterocycles. The highest BCUT2D eigenvalue weighted by molar-refractivity contribution is 7.11. The summed E-state index contributed by atoms with van der Waals surface area (Å²) in [7, 11) is 0. The maximum Gasteiger partial charge on any atom is 0.117 e. The Hall–Kier alpha value is -2.38. The number of fused-ring (bicyclic) bond motifs is 1. The van der Waals surface area contributed by atoms with Crippen LogP contribution in [0.25, 0.3) is 10.9 Å². The second-order valence-electron chi connectivity index (χ2n) is 4.63. The fourth-order valence-corrected chi connectivity index (χ4v) is 2.97. The molecule has 0 radical (unpaired) electrons. The van der Waals surface area contributed by atoms with Crippen LogP contribution >= 0.6 is 11.5 Å². The lowest BCUT2D eigenvalue weighted by Gasteiger charge is -2.14. The molecule has 3 aromatic rings. The molecule has 0 saturated carbocycles. The Kier molecular flexibility index (Phi) is 3.36. The van der Waals surface area contributed by atoms with E-state index in [1.807, 2.05) is 42.5 Å². The van der Waals surface area contributed by atoms with Gasteiger partial charge in [0, 0.05) is 11.4 Å². The molecule has 4 heteroatoms. The van der Waals surface area contributed by atoms with E-state index in [0.717, 1.165) is 21.5 Å². The van der Waals surface area contributed by atoms with Crippen molar-refractivity contribution in [3.05, 3.63) is 59.7 Å². The molecule has 3 rings (SSSR count). The number of hydrogen-bond acceptors (Lipinski definition) is 4. The third-order valence-electron chi connectivity index (χ3n) is 3.27. The van der Waals surface area contributed by atoms with Crippen molar-refractivity contribution in [2.45, 2.75) is 13.0 Å². The van der Waals surface area contributed by atoms with Crippen molar-refractivity contribution in [2.75, 3.05) is 5.32 Å². The van der Waals surface area contributed by atoms with Gasteiger partial charge in [0.15, 0.2) is 0 Å². The van der Waals surface area contributed by atoms with Crippen molar-refractivity contribution in [3.8, 4) is 6.07 Å². The fraction of sp³-hybridized carbons (Fsp3) is 0.125. The minimum absolute atomic E-state index is 0.173. The van der Waals surface area contributed by atoms with Crippen LogP contribution < -0.4 is 5.32 Å². The predicted octanol–water partition coefficient (Wildman–Crippen LogP) is 4.34. The van der Waals surface area contributed by atoms with Gasteiger partial charge in [0.2, 0.25) is 0 Å². The zero-order valence-electron chi connectivity index (χ0n) is 11.0. The topological polar surface area (TPSA) is 48.7 Å². The first-order valence-corrected chi connectivity index (χ1v) is 7.16. The van der Waals surface area contributed by atoms with Crippen molar-refractivity contribution >= 4 is 27.4 Å². The van der Waals surface area contributed by atoms with Crippen molar-refractivity contribution in [2.24, 2.45) is 0 Å². The van der Waals surface area contributed by atoms with Gasteiger partial charge in [0.1, 0.15) is 5.00 Å². The molecule has 1 heterocycles. The zero-order valence-corrected chi connectivity index (χ0v) is 11.8. The Bertz CT molecular complexity index is 768. The van der Waals surface area contributed by atoms with Gasteiger partial charge in [-0.05, 0) is 48.3 Å². The lowest BCUT2D eigenvalue weighted by molar-refractivity contribution is 0.891. The van der Waals surface area contributed by atoms with Gasteiger partial charge in [-0.15, -0.1) is 0 Å². The van der Waals surface area contributed by atoms with Crippen molar-refractivity contribution < 1.29 is 0 Å². The number of anilines is 1. The first kappa shape index (κ1) is 12.6. The van der Waals surface area contributed by atoms with Gasteiger partial charge in [-0.25, -0.2) is 0 Å². The molecule has 2 aromatic carbocycles. The number of nitriles is 1. The molecule has 0 aliphatic carbocycles. The van der Waals surface area contributed by atoms with E-state index >= 15 is 0 Å². The molecule has 1 unspecified atom stereocenters. The second kappa shape index (κ2) is 5.32. The molecule has 0 amide bonds. The van der Waals surface area contributed by atoms with Gasteiger partial charge in [-0.1, -0.05) is 24.3 Å². The van der Waals surface area contributed by atoms with Crippen molar-refractivity contribution in [1.82, 2.24) is 4.37 Å². The van der Waals surface area contributed by atoms with Crippen LogP contribution in [0.2, 0.25) is 0 Å². The summed E-state index contributed by atoms with van der Waals surface area (Å²) in [6, 6.07) is 18.1. The van der Waals surface area contributed by atoms with Gasteiger partial charge >= 0.3 is 0 Å². The number of benzene rings is 2. The van der Waals surface area contributed by atoms with E-state index in [1.165, 1.54) is 11.5 Å². The van der Waals surface area contributed by atoms with E-state index < -0.39 is 0 Å². The van der Waals surface area contributed by atoms with Crippen LogP contribution in [0, 0.1) is 11.3 Å². The summed E-state index contributed by atoms with van der Waals surface area (Å²) in [6.07, 6.45) is 0. The highest BCUT2D eigenvalue weighted by atomic mass is 32.1. The molecule has 98 valence electrons. The lowest BCUT2D eigenvalue weighted by Crippen LogP contribution is -2.05. The monoisotopic (exact) mass is 279 g/mol. The smallest absolute Gasteiger partial charge is 0.117 e. The second-order valence-corrected chi connectivity index (χ2v) is 5.40. The summed E-state index contributed by atoms with van der Waals surface area (Å²) in [6.45, 7) is 2.11. The maximum absolute atomic E-state index is 8.82. The van der Waals surface area contributed by atoms with Gasteiger partial charge in [-0.2, -0.15) is 9.64 Å². The van der Waals surface area contributed by atoms with Crippen LogP contribution in [0.5, 0.6) is 0 Å². The third-order valence-corrected chi connectivity index (χ3v) is 4.08. The number of hydrogen-bond donors (Lipinski definition) is 1. The van der Waals surface area contributed by atoms with Gasteiger partial charge < -0.3 is 5.32 Å². The number of rotatable bonds is 3. The Labute approximate surface area is 121 Å². The van der Waals surface area contributed by atoms with Gasteiger partial charge in [-0.3, -0.25) is 0 Å². The summed E-state index contributed by atoms with van der Waals surface area (Å²) >= 11 is 1.48. The summed E-state index contributed by atoms with van der Waals surface area (Å²) in [5.41, 5.74) is 2.86. The van der Waals surface area contributed by atoms with E-state index in [0.29, 0.717) is 5.56 Å². The maximum atomic E-state index is 8.82. The van der Waals surface area contributed by atoms with Gasteiger partial charge in [0.05, 0.1) is 17.1 Å². The minimum atomic E-state index is 0.173. The largest absolute Gasteiger partial charge is 0.369 e. The number of nitrogens with one attached hydrogen (secondary N) is 1. The van der Waals surface area contributed by atoms with E-state index in [9.17, 15) is 0 Å². The standard InChI is InChI=1S/C16H13N3S/c1-11(13-8-6-12(10-17)7-9-13)18-16-14-4-2-3-5-15(14)19-20-16/h2-9,11,18H,1H3. The molecule has 0 saturated heterocycles. The van der Waals surface area contributed by atoms with E-state index in [4.69, 9.17) is 5.26 Å². The molecule has 0 aliphatic rings. The first-order valence-electron chi connectivity index (χ1n) is 6.39. The molecule has 0 fully saturated rings. The van der Waals surface area contributed by atoms with E-state index in [1.54, 1.807) is 0 Å². The molecule has 1 atom stereocenters. The van der Waals surface area contributed by atoms with Crippen molar-refractivity contribution in [3.63, 3.8) is 0 Å². The molecule has 0 spiro atoms. The highest BCUT2D eigenvalue weighted by Crippen LogP contribution is 2.30. The average molecular weight is 279 g/mol. The van der Waals surface area contributed by atoms with Crippen LogP contribution in [-0.4, -0.2) is 4.37 Å². The summed E-state index contributed by atoms with van der Waals surface area (Å²) in [5, 5.41) is 14.5. The van der Waals surface area contributed by atoms with Crippen LogP contribution in [0.3, 0.4) is 0 Å². The van der Waals surface area contributed by atoms with E-state index in [-0.39, 0.29) is 6.04 Å². The molecule has 1 N–H and O–H groups in total. The van der Waals surface area contributed by atoms with E-state index in [2.05, 4.69) is 28.7 Å². The SMILES string of the molecule is CC(Nc1snc2ccccc12)c1ccc(C#N)cc1. The Morgan fingerprint density at radius 3 is 2.65 bits per heavy atom. The lowest BCUT2D eigenvalue weighted by atomic mass is 10.1. The molecule has 20 heavy (non-hydrogen) atoms. The summed E-state index contributed by atoms with van der Waals surface area (Å²) in [4.78, 5) is 0. The molecule has 3 nitrogen and oxygen atoms in total. The Morgan fingerprint density at radius 2 is 1.90 bits per heavy atom. The quantitative estimate of drug-likeness (QED) is 0.775. The molecular formula is C16H13N3S. The predicted molar refractivity (Wildman–Crippen MR) is 82.8 cm³/mol. The minimum Gasteiger partial charge on any atom is -0.369 e. The number of aromatic nitrogens is 1. The normalized spacial score (nSPS) is 12.0. The van der Waals surface area contributed by atoms with Crippen LogP contribution in [-0.2, 0) is 0 Å². The molecule has 0 bridgehead atoms. The first-order chi connectivity index (χ1) is 9.78. The third kappa shape index (κ3) is 2.36. The molecular weight excluding hydrogens is 266 g/mol. The van der Waals surface area contributed by atoms with Gasteiger partial charge in [0.25, 0.3) is 0 Å². The fourth-order valence-electron chi connectivity index (χ4n) is 2.12. The molecule has 0 aliphatic heterocycles. The Balaban J connectivity index is 1.84. The van der Waals surface area contributed by atoms with Crippen LogP contribution in [0.1, 0.15) is 24.1 Å². The Morgan fingerprint density at radius 1 is 1.15 bits per heavy atom. The van der Waals surface area contributed by atoms with Crippen molar-refractivity contribution in [1.29, 1.82) is 5.26 Å². The van der Waals surface area contributed by atoms with Crippen LogP contribution in [0.4, 0.5) is 5.00 Å².